The third-order valence-electron chi connectivity index (χ3n) is 0.586. The molecule has 5 heteroatoms. The summed E-state index contributed by atoms with van der Waals surface area (Å²) in [4.78, 5) is 14.5. The predicted octanol–water partition coefficient (Wildman–Crippen LogP) is 2.79. The molecule has 0 bridgehead atoms. The molecule has 0 saturated carbocycles. The van der Waals surface area contributed by atoms with Crippen LogP contribution in [0.4, 0.5) is 0 Å². The predicted molar refractivity (Wildman–Crippen MR) is 46.1 cm³/mol. The summed E-state index contributed by atoms with van der Waals surface area (Å²) in [5.41, 5.74) is 11.5. The van der Waals surface area contributed by atoms with Gasteiger partial charge in [0.2, 0.25) is 0 Å². The third-order valence-corrected chi connectivity index (χ3v) is 0.586. The first-order valence-electron chi connectivity index (χ1n) is 2.79. The molecule has 0 aromatic carbocycles. The van der Waals surface area contributed by atoms with Crippen LogP contribution in [0.2, 0.25) is 0 Å². The van der Waals surface area contributed by atoms with Crippen molar-refractivity contribution < 1.29 is 21.1 Å². The van der Waals surface area contributed by atoms with Crippen molar-refractivity contribution in [1.82, 2.24) is 0 Å². The van der Waals surface area contributed by atoms with E-state index in [4.69, 9.17) is 21.0 Å². The Hall–Kier alpha value is -0.632. The van der Waals surface area contributed by atoms with E-state index in [1.54, 1.807) is 6.92 Å². The molecule has 0 aromatic rings. The maximum absolute atomic E-state index is 7.25. The molecular formula is C7H10N2O2W-4. The first-order chi connectivity index (χ1) is 5.50. The summed E-state index contributed by atoms with van der Waals surface area (Å²) in [6.07, 6.45) is 10.0. The zero-order chi connectivity index (χ0) is 9.54. The van der Waals surface area contributed by atoms with Crippen LogP contribution in [0.25, 0.3) is 11.2 Å². The van der Waals surface area contributed by atoms with Crippen molar-refractivity contribution in [1.29, 1.82) is 0 Å². The van der Waals surface area contributed by atoms with Gasteiger partial charge in [-0.15, -0.1) is 6.42 Å². The largest absolute Gasteiger partial charge is 0.577 e. The van der Waals surface area contributed by atoms with Crippen molar-refractivity contribution in [3.63, 3.8) is 0 Å². The summed E-state index contributed by atoms with van der Waals surface area (Å²) < 4.78 is 0. The summed E-state index contributed by atoms with van der Waals surface area (Å²) in [6.45, 7) is 5.00. The van der Waals surface area contributed by atoms with Crippen LogP contribution >= 0.6 is 0 Å². The van der Waals surface area contributed by atoms with E-state index < -0.39 is 0 Å². The number of rotatable bonds is 0. The van der Waals surface area contributed by atoms with Gasteiger partial charge in [-0.2, -0.15) is 13.0 Å². The van der Waals surface area contributed by atoms with Gasteiger partial charge >= 0.3 is 0 Å². The van der Waals surface area contributed by atoms with Crippen LogP contribution in [0.5, 0.6) is 0 Å². The summed E-state index contributed by atoms with van der Waals surface area (Å²) >= 11 is 0. The standard InChI is InChI=1S/C5H5.C2H5.2NO.W/c1-2-4-5-3-1;3*1-2;/h1-3H,4H2;1H2,2H3;;;/q4*-1;. The number of allylic oxidation sites excluding steroid dienone is 4. The van der Waals surface area contributed by atoms with Crippen LogP contribution in [0.3, 0.4) is 0 Å². The first kappa shape index (κ1) is 22.5. The Morgan fingerprint density at radius 1 is 1.25 bits per heavy atom. The van der Waals surface area contributed by atoms with Crippen LogP contribution < -0.4 is 0 Å². The quantitative estimate of drug-likeness (QED) is 0.637. The van der Waals surface area contributed by atoms with Gasteiger partial charge in [0, 0.05) is 21.1 Å². The molecule has 0 atom stereocenters. The molecule has 0 amide bonds. The molecule has 0 N–H and O–H groups in total. The van der Waals surface area contributed by atoms with Gasteiger partial charge in [0.15, 0.2) is 0 Å². The minimum absolute atomic E-state index is 0. The van der Waals surface area contributed by atoms with Crippen molar-refractivity contribution in [2.45, 2.75) is 13.3 Å². The number of nitrogens with zero attached hydrogens (tertiary/aromatic N) is 2. The molecule has 0 saturated heterocycles. The minimum Gasteiger partial charge on any atom is -0.577 e. The monoisotopic (exact) mass is 338 g/mol. The van der Waals surface area contributed by atoms with Gasteiger partial charge in [-0.25, -0.2) is 12.2 Å². The second-order valence-corrected chi connectivity index (χ2v) is 1.00. The van der Waals surface area contributed by atoms with Gasteiger partial charge in [-0.1, -0.05) is 0 Å². The van der Waals surface area contributed by atoms with Gasteiger partial charge in [0.1, 0.15) is 0 Å². The molecule has 0 heterocycles. The van der Waals surface area contributed by atoms with E-state index in [-0.39, 0.29) is 21.1 Å². The molecule has 0 radical (unpaired) electrons. The average Bonchev–Trinajstić information content (AvgIpc) is 2.71. The van der Waals surface area contributed by atoms with Crippen molar-refractivity contribution in [2.24, 2.45) is 0 Å². The van der Waals surface area contributed by atoms with Crippen molar-refractivity contribution in [3.8, 4) is 0 Å². The topological polar surface area (TPSA) is 78.7 Å². The maximum Gasteiger partial charge on any atom is 0 e. The van der Waals surface area contributed by atoms with Crippen LogP contribution in [-0.4, -0.2) is 0 Å². The zero-order valence-electron chi connectivity index (χ0n) is 6.77. The van der Waals surface area contributed by atoms with Crippen molar-refractivity contribution >= 4 is 0 Å². The van der Waals surface area contributed by atoms with Crippen molar-refractivity contribution in [2.75, 3.05) is 0 Å². The molecule has 1 rings (SSSR count). The smallest absolute Gasteiger partial charge is 0 e. The Morgan fingerprint density at radius 2 is 1.67 bits per heavy atom. The molecule has 70 valence electrons. The zero-order valence-corrected chi connectivity index (χ0v) is 9.70. The summed E-state index contributed by atoms with van der Waals surface area (Å²) in [7, 11) is 0. The molecule has 0 unspecified atom stereocenters. The minimum atomic E-state index is 0. The van der Waals surface area contributed by atoms with E-state index in [1.807, 2.05) is 12.2 Å². The SMILES string of the molecule is [C-]1=CC=CC1.[CH2-]C.[N-]=O.[N-]=O.[W]. The molecule has 0 aromatic heterocycles. The number of nitroso groups, excluding NO2 is 2. The maximum atomic E-state index is 7.25. The molecule has 4 nitrogen and oxygen atoms in total. The Kier molecular flexibility index (Phi) is 89.5. The molecular weight excluding hydrogens is 328 g/mol. The van der Waals surface area contributed by atoms with E-state index in [2.05, 4.69) is 19.1 Å². The molecule has 1 aliphatic carbocycles. The van der Waals surface area contributed by atoms with Crippen LogP contribution in [0.1, 0.15) is 13.3 Å². The average molecular weight is 338 g/mol. The Morgan fingerprint density at radius 3 is 1.75 bits per heavy atom. The first-order valence-corrected chi connectivity index (χ1v) is 2.79. The third kappa shape index (κ3) is 34.4. The number of hydrogen-bond donors (Lipinski definition) is 0. The molecule has 12 heavy (non-hydrogen) atoms. The Labute approximate surface area is 86.9 Å². The Bertz CT molecular complexity index is 95.6. The van der Waals surface area contributed by atoms with Gasteiger partial charge in [-0.05, 0) is 0 Å². The second kappa shape index (κ2) is 47.7. The fourth-order valence-corrected chi connectivity index (χ4v) is 0.340. The van der Waals surface area contributed by atoms with Crippen LogP contribution in [0.15, 0.2) is 18.2 Å². The fraction of sp³-hybridized carbons (Fsp3) is 0.286. The Balaban J connectivity index is -0.0000000406. The van der Waals surface area contributed by atoms with Gasteiger partial charge < -0.3 is 27.9 Å². The molecule has 0 spiro atoms. The van der Waals surface area contributed by atoms with Gasteiger partial charge in [0.05, 0.1) is 0 Å². The van der Waals surface area contributed by atoms with E-state index in [0.29, 0.717) is 0 Å². The second-order valence-electron chi connectivity index (χ2n) is 1.00. The molecule has 1 aliphatic rings. The van der Waals surface area contributed by atoms with Crippen LogP contribution in [-0.2, 0) is 21.1 Å². The van der Waals surface area contributed by atoms with E-state index in [0.717, 1.165) is 6.42 Å². The summed E-state index contributed by atoms with van der Waals surface area (Å²) in [5.74, 6) is 0. The summed E-state index contributed by atoms with van der Waals surface area (Å²) in [6, 6.07) is 0. The van der Waals surface area contributed by atoms with E-state index in [1.165, 1.54) is 0 Å². The molecule has 0 aliphatic heterocycles. The summed E-state index contributed by atoms with van der Waals surface area (Å²) in [5, 5.41) is 0. The van der Waals surface area contributed by atoms with E-state index >= 15 is 0 Å². The van der Waals surface area contributed by atoms with E-state index in [9.17, 15) is 0 Å². The van der Waals surface area contributed by atoms with Gasteiger partial charge in [-0.3, -0.25) is 6.08 Å². The van der Waals surface area contributed by atoms with Gasteiger partial charge in [0.25, 0.3) is 0 Å². The molecule has 0 fully saturated rings. The normalized spacial score (nSPS) is 8.50. The van der Waals surface area contributed by atoms with Crippen molar-refractivity contribution in [3.05, 3.63) is 52.2 Å². The fourth-order valence-electron chi connectivity index (χ4n) is 0.340. The number of hydrogen-bond acceptors (Lipinski definition) is 2. The van der Waals surface area contributed by atoms with Crippen LogP contribution in [0, 0.1) is 22.8 Å².